The Morgan fingerprint density at radius 3 is 2.42 bits per heavy atom. The molecule has 0 bridgehead atoms. The normalized spacial score (nSPS) is 12.8. The summed E-state index contributed by atoms with van der Waals surface area (Å²) in [5.41, 5.74) is 1.27. The Morgan fingerprint density at radius 2 is 1.96 bits per heavy atom. The molecule has 0 saturated carbocycles. The first-order valence-electron chi connectivity index (χ1n) is 7.57. The fourth-order valence-corrected chi connectivity index (χ4v) is 3.57. The van der Waals surface area contributed by atoms with Crippen molar-refractivity contribution in [2.75, 3.05) is 4.72 Å². The van der Waals surface area contributed by atoms with Gasteiger partial charge in [-0.05, 0) is 37.5 Å². The maximum Gasteiger partial charge on any atom is 0.306 e. The number of anilines is 1. The van der Waals surface area contributed by atoms with Gasteiger partial charge in [0.15, 0.2) is 5.03 Å². The maximum absolute atomic E-state index is 12.4. The van der Waals surface area contributed by atoms with Crippen LogP contribution in [0.1, 0.15) is 24.7 Å². The summed E-state index contributed by atoms with van der Waals surface area (Å²) in [7, 11) is -2.09. The Morgan fingerprint density at radius 1 is 1.33 bits per heavy atom. The Kier molecular flexibility index (Phi) is 5.28. The monoisotopic (exact) mass is 351 g/mol. The van der Waals surface area contributed by atoms with Crippen molar-refractivity contribution in [1.82, 2.24) is 9.55 Å². The number of imidazole rings is 1. The number of carboxylic acid groups (broad SMARTS) is 1. The Balaban J connectivity index is 2.14. The minimum Gasteiger partial charge on any atom is -0.481 e. The van der Waals surface area contributed by atoms with Gasteiger partial charge in [-0.15, -0.1) is 0 Å². The summed E-state index contributed by atoms with van der Waals surface area (Å²) in [5.74, 6) is -0.663. The Labute approximate surface area is 141 Å². The molecular formula is C16H21N3O4S. The molecule has 0 aliphatic rings. The molecule has 24 heavy (non-hydrogen) atoms. The second-order valence-corrected chi connectivity index (χ2v) is 7.28. The lowest BCUT2D eigenvalue weighted by Gasteiger charge is -2.11. The third-order valence-electron chi connectivity index (χ3n) is 3.98. The smallest absolute Gasteiger partial charge is 0.306 e. The molecule has 0 aliphatic carbocycles. The van der Waals surface area contributed by atoms with Gasteiger partial charge < -0.3 is 9.67 Å². The van der Waals surface area contributed by atoms with Crippen LogP contribution in [0, 0.1) is 12.8 Å². The van der Waals surface area contributed by atoms with Crippen LogP contribution in [0.25, 0.3) is 0 Å². The molecule has 7 nitrogen and oxygen atoms in total. The third-order valence-corrected chi connectivity index (χ3v) is 5.42. The lowest BCUT2D eigenvalue weighted by atomic mass is 9.97. The van der Waals surface area contributed by atoms with Gasteiger partial charge in [0.2, 0.25) is 0 Å². The third kappa shape index (κ3) is 3.94. The van der Waals surface area contributed by atoms with Crippen LogP contribution in [0.4, 0.5) is 5.69 Å². The van der Waals surface area contributed by atoms with E-state index in [-0.39, 0.29) is 5.03 Å². The highest BCUT2D eigenvalue weighted by Crippen LogP contribution is 2.19. The van der Waals surface area contributed by atoms with Crippen molar-refractivity contribution in [1.29, 1.82) is 0 Å². The van der Waals surface area contributed by atoms with Crippen molar-refractivity contribution in [3.8, 4) is 0 Å². The van der Waals surface area contributed by atoms with Crippen LogP contribution in [-0.2, 0) is 28.3 Å². The standard InChI is InChI=1S/C16H21N3O4S/c1-4-13(16(20)21)9-12-5-7-14(8-6-12)18-24(22,23)15-10-17-11(2)19(15)3/h5-8,10,13,18H,4,9H2,1-3H3,(H,20,21). The molecule has 0 radical (unpaired) electrons. The van der Waals surface area contributed by atoms with Gasteiger partial charge in [-0.25, -0.2) is 4.98 Å². The number of hydrogen-bond acceptors (Lipinski definition) is 4. The number of hydrogen-bond donors (Lipinski definition) is 2. The van der Waals surface area contributed by atoms with Crippen LogP contribution in [0.15, 0.2) is 35.5 Å². The maximum atomic E-state index is 12.4. The summed E-state index contributed by atoms with van der Waals surface area (Å²) in [6.45, 7) is 3.55. The molecule has 1 heterocycles. The first kappa shape index (κ1) is 18.0. The molecule has 1 aromatic carbocycles. The van der Waals surface area contributed by atoms with Crippen molar-refractivity contribution in [3.05, 3.63) is 41.9 Å². The van der Waals surface area contributed by atoms with E-state index in [1.807, 2.05) is 6.92 Å². The number of carboxylic acids is 1. The first-order chi connectivity index (χ1) is 11.2. The van der Waals surface area contributed by atoms with Gasteiger partial charge >= 0.3 is 5.97 Å². The molecule has 0 aliphatic heterocycles. The molecule has 0 amide bonds. The molecular weight excluding hydrogens is 330 g/mol. The van der Waals surface area contributed by atoms with Gasteiger partial charge in [-0.2, -0.15) is 8.42 Å². The average molecular weight is 351 g/mol. The van der Waals surface area contributed by atoms with Crippen molar-refractivity contribution >= 4 is 21.7 Å². The van der Waals surface area contributed by atoms with Crippen LogP contribution in [0.5, 0.6) is 0 Å². The lowest BCUT2D eigenvalue weighted by Crippen LogP contribution is -2.17. The summed E-state index contributed by atoms with van der Waals surface area (Å²) >= 11 is 0. The molecule has 2 aromatic rings. The summed E-state index contributed by atoms with van der Waals surface area (Å²) < 4.78 is 28.8. The van der Waals surface area contributed by atoms with Crippen LogP contribution < -0.4 is 4.72 Å². The van der Waals surface area contributed by atoms with Crippen LogP contribution >= 0.6 is 0 Å². The van der Waals surface area contributed by atoms with E-state index < -0.39 is 21.9 Å². The number of carbonyl (C=O) groups is 1. The molecule has 1 atom stereocenters. The minimum atomic E-state index is -3.72. The van der Waals surface area contributed by atoms with E-state index in [0.717, 1.165) is 5.56 Å². The highest BCUT2D eigenvalue weighted by Gasteiger charge is 2.20. The number of nitrogens with one attached hydrogen (secondary N) is 1. The molecule has 130 valence electrons. The Hall–Kier alpha value is -2.35. The van der Waals surface area contributed by atoms with Crippen molar-refractivity contribution in [2.45, 2.75) is 31.7 Å². The summed E-state index contributed by atoms with van der Waals surface area (Å²) in [6, 6.07) is 6.73. The van der Waals surface area contributed by atoms with E-state index >= 15 is 0 Å². The lowest BCUT2D eigenvalue weighted by molar-refractivity contribution is -0.141. The molecule has 1 aromatic heterocycles. The topological polar surface area (TPSA) is 101 Å². The highest BCUT2D eigenvalue weighted by atomic mass is 32.2. The molecule has 2 rings (SSSR count). The van der Waals surface area contributed by atoms with E-state index in [1.54, 1.807) is 38.2 Å². The Bertz CT molecular complexity index is 826. The number of nitrogens with zero attached hydrogens (tertiary/aromatic N) is 2. The molecule has 2 N–H and O–H groups in total. The summed E-state index contributed by atoms with van der Waals surface area (Å²) in [6.07, 6.45) is 2.27. The number of benzene rings is 1. The molecule has 1 unspecified atom stereocenters. The number of aromatic nitrogens is 2. The highest BCUT2D eigenvalue weighted by molar-refractivity contribution is 7.92. The quantitative estimate of drug-likeness (QED) is 0.796. The van der Waals surface area contributed by atoms with E-state index in [1.165, 1.54) is 10.8 Å². The SMILES string of the molecule is CCC(Cc1ccc(NS(=O)(=O)c2cnc(C)n2C)cc1)C(=O)O. The van der Waals surface area contributed by atoms with Crippen LogP contribution in [0.2, 0.25) is 0 Å². The zero-order valence-electron chi connectivity index (χ0n) is 13.9. The minimum absolute atomic E-state index is 0.0843. The van der Waals surface area contributed by atoms with Gasteiger partial charge in [-0.3, -0.25) is 9.52 Å². The number of sulfonamides is 1. The van der Waals surface area contributed by atoms with Gasteiger partial charge in [0.25, 0.3) is 10.0 Å². The van der Waals surface area contributed by atoms with Crippen molar-refractivity contribution < 1.29 is 18.3 Å². The van der Waals surface area contributed by atoms with Crippen molar-refractivity contribution in [3.63, 3.8) is 0 Å². The van der Waals surface area contributed by atoms with E-state index in [4.69, 9.17) is 5.11 Å². The van der Waals surface area contributed by atoms with Gasteiger partial charge in [0.05, 0.1) is 12.1 Å². The largest absolute Gasteiger partial charge is 0.481 e. The molecule has 8 heteroatoms. The van der Waals surface area contributed by atoms with E-state index in [0.29, 0.717) is 24.4 Å². The number of aliphatic carboxylic acids is 1. The van der Waals surface area contributed by atoms with Gasteiger partial charge in [-0.1, -0.05) is 19.1 Å². The zero-order valence-corrected chi connectivity index (χ0v) is 14.7. The second kappa shape index (κ2) is 7.04. The average Bonchev–Trinajstić information content (AvgIpc) is 2.86. The second-order valence-electron chi connectivity index (χ2n) is 5.65. The molecule has 0 spiro atoms. The summed E-state index contributed by atoms with van der Waals surface area (Å²) in [4.78, 5) is 15.1. The van der Waals surface area contributed by atoms with Crippen molar-refractivity contribution in [2.24, 2.45) is 13.0 Å². The first-order valence-corrected chi connectivity index (χ1v) is 9.05. The molecule has 0 saturated heterocycles. The summed E-state index contributed by atoms with van der Waals surface area (Å²) in [5, 5.41) is 9.18. The fourth-order valence-electron chi connectivity index (χ4n) is 2.34. The van der Waals surface area contributed by atoms with E-state index in [2.05, 4.69) is 9.71 Å². The molecule has 0 fully saturated rings. The fraction of sp³-hybridized carbons (Fsp3) is 0.375. The van der Waals surface area contributed by atoms with Gasteiger partial charge in [0.1, 0.15) is 5.82 Å². The predicted molar refractivity (Wildman–Crippen MR) is 90.3 cm³/mol. The zero-order chi connectivity index (χ0) is 17.9. The van der Waals surface area contributed by atoms with Crippen LogP contribution in [-0.4, -0.2) is 29.0 Å². The van der Waals surface area contributed by atoms with Gasteiger partial charge in [0, 0.05) is 12.7 Å². The van der Waals surface area contributed by atoms with Crippen LogP contribution in [0.3, 0.4) is 0 Å². The number of aryl methyl sites for hydroxylation is 1. The van der Waals surface area contributed by atoms with E-state index in [9.17, 15) is 13.2 Å². The predicted octanol–water partition coefficient (Wildman–Crippen LogP) is 2.18. The number of rotatable bonds is 7.